The lowest BCUT2D eigenvalue weighted by Gasteiger charge is -2.48. The fraction of sp³-hybridized carbons (Fsp3) is 0.938. The molecule has 21 heavy (non-hydrogen) atoms. The van der Waals surface area contributed by atoms with E-state index in [1.165, 1.54) is 12.8 Å². The van der Waals surface area contributed by atoms with Crippen molar-refractivity contribution in [2.24, 2.45) is 5.41 Å². The van der Waals surface area contributed by atoms with Crippen molar-refractivity contribution in [2.75, 3.05) is 58.9 Å². The number of piperazine rings is 1. The zero-order chi connectivity index (χ0) is 14.9. The number of carbonyl (C=O) groups excluding carboxylic acids is 1. The molecular formula is C16H30N4O. The minimum absolute atomic E-state index is 0.343. The maximum absolute atomic E-state index is 12.5. The molecule has 0 unspecified atom stereocenters. The van der Waals surface area contributed by atoms with E-state index in [0.717, 1.165) is 52.4 Å². The molecule has 3 aliphatic rings. The fourth-order valence-electron chi connectivity index (χ4n) is 3.79. The first-order valence-electron chi connectivity index (χ1n) is 8.53. The van der Waals surface area contributed by atoms with E-state index in [1.54, 1.807) is 0 Å². The number of rotatable bonds is 3. The standard InChI is InChI=1S/C16H30N4O/c1-14(2)19-9-7-18(8-10-19)11-15(21)20-5-3-16(4-6-20)12-17-13-16/h14,17H,3-13H2,1-2H3. The van der Waals surface area contributed by atoms with Crippen molar-refractivity contribution in [3.05, 3.63) is 0 Å². The van der Waals surface area contributed by atoms with Crippen LogP contribution in [-0.4, -0.2) is 85.6 Å². The zero-order valence-electron chi connectivity index (χ0n) is 13.6. The van der Waals surface area contributed by atoms with E-state index in [0.29, 0.717) is 23.9 Å². The third kappa shape index (κ3) is 3.41. The summed E-state index contributed by atoms with van der Waals surface area (Å²) in [5.41, 5.74) is 0.527. The number of nitrogens with zero attached hydrogens (tertiary/aromatic N) is 3. The number of piperidine rings is 1. The first-order valence-corrected chi connectivity index (χ1v) is 8.53. The average Bonchev–Trinajstić information content (AvgIpc) is 2.46. The quantitative estimate of drug-likeness (QED) is 0.808. The molecule has 3 saturated heterocycles. The summed E-state index contributed by atoms with van der Waals surface area (Å²) in [5, 5.41) is 3.38. The van der Waals surface area contributed by atoms with Gasteiger partial charge in [0, 0.05) is 58.4 Å². The molecule has 120 valence electrons. The second-order valence-electron chi connectivity index (χ2n) is 7.39. The average molecular weight is 294 g/mol. The van der Waals surface area contributed by atoms with E-state index >= 15 is 0 Å². The van der Waals surface area contributed by atoms with Gasteiger partial charge in [0.05, 0.1) is 6.54 Å². The smallest absolute Gasteiger partial charge is 0.236 e. The predicted octanol–water partition coefficient (Wildman–Crippen LogP) is 0.224. The highest BCUT2D eigenvalue weighted by atomic mass is 16.2. The largest absolute Gasteiger partial charge is 0.342 e. The van der Waals surface area contributed by atoms with Crippen molar-refractivity contribution in [3.8, 4) is 0 Å². The first-order chi connectivity index (χ1) is 10.1. The second-order valence-corrected chi connectivity index (χ2v) is 7.39. The normalized spacial score (nSPS) is 27.1. The molecule has 3 aliphatic heterocycles. The summed E-state index contributed by atoms with van der Waals surface area (Å²) in [5.74, 6) is 0.343. The fourth-order valence-corrected chi connectivity index (χ4v) is 3.79. The van der Waals surface area contributed by atoms with E-state index in [9.17, 15) is 4.79 Å². The van der Waals surface area contributed by atoms with Crippen molar-refractivity contribution in [2.45, 2.75) is 32.7 Å². The van der Waals surface area contributed by atoms with Gasteiger partial charge in [0.25, 0.3) is 0 Å². The van der Waals surface area contributed by atoms with Gasteiger partial charge in [0.15, 0.2) is 0 Å². The van der Waals surface area contributed by atoms with Crippen molar-refractivity contribution in [3.63, 3.8) is 0 Å². The Kier molecular flexibility index (Phi) is 4.52. The molecule has 3 heterocycles. The van der Waals surface area contributed by atoms with Gasteiger partial charge >= 0.3 is 0 Å². The van der Waals surface area contributed by atoms with Gasteiger partial charge in [-0.05, 0) is 32.1 Å². The van der Waals surface area contributed by atoms with Crippen LogP contribution in [0.2, 0.25) is 0 Å². The van der Waals surface area contributed by atoms with Crippen LogP contribution in [0.4, 0.5) is 0 Å². The number of likely N-dealkylation sites (tertiary alicyclic amines) is 1. The Labute approximate surface area is 128 Å². The van der Waals surface area contributed by atoms with Crippen molar-refractivity contribution < 1.29 is 4.79 Å². The van der Waals surface area contributed by atoms with Gasteiger partial charge in [0.2, 0.25) is 5.91 Å². The molecule has 1 spiro atoms. The summed E-state index contributed by atoms with van der Waals surface area (Å²) >= 11 is 0. The minimum atomic E-state index is 0.343. The Morgan fingerprint density at radius 3 is 2.14 bits per heavy atom. The highest BCUT2D eigenvalue weighted by Crippen LogP contribution is 2.34. The van der Waals surface area contributed by atoms with E-state index in [2.05, 4.69) is 33.9 Å². The maximum Gasteiger partial charge on any atom is 0.236 e. The molecule has 0 aromatic heterocycles. The Bertz CT molecular complexity index is 362. The van der Waals surface area contributed by atoms with E-state index in [4.69, 9.17) is 0 Å². The molecule has 0 saturated carbocycles. The Hall–Kier alpha value is -0.650. The van der Waals surface area contributed by atoms with Gasteiger partial charge in [-0.15, -0.1) is 0 Å². The molecule has 0 aliphatic carbocycles. The molecule has 0 bridgehead atoms. The maximum atomic E-state index is 12.5. The van der Waals surface area contributed by atoms with Crippen LogP contribution in [0.5, 0.6) is 0 Å². The van der Waals surface area contributed by atoms with Gasteiger partial charge in [-0.3, -0.25) is 14.6 Å². The monoisotopic (exact) mass is 294 g/mol. The number of hydrogen-bond acceptors (Lipinski definition) is 4. The minimum Gasteiger partial charge on any atom is -0.342 e. The molecule has 0 atom stereocenters. The van der Waals surface area contributed by atoms with Gasteiger partial charge in [-0.1, -0.05) is 0 Å². The summed E-state index contributed by atoms with van der Waals surface area (Å²) in [6, 6.07) is 0.622. The van der Waals surface area contributed by atoms with Crippen molar-refractivity contribution in [1.29, 1.82) is 0 Å². The van der Waals surface area contributed by atoms with Crippen LogP contribution in [0.1, 0.15) is 26.7 Å². The van der Waals surface area contributed by atoms with Gasteiger partial charge in [-0.2, -0.15) is 0 Å². The Morgan fingerprint density at radius 1 is 1.05 bits per heavy atom. The van der Waals surface area contributed by atoms with Gasteiger partial charge in [0.1, 0.15) is 0 Å². The lowest BCUT2D eigenvalue weighted by molar-refractivity contribution is -0.135. The highest BCUT2D eigenvalue weighted by molar-refractivity contribution is 5.78. The topological polar surface area (TPSA) is 38.8 Å². The molecule has 5 nitrogen and oxygen atoms in total. The van der Waals surface area contributed by atoms with E-state index in [1.807, 2.05) is 0 Å². The molecule has 0 aromatic rings. The first kappa shape index (κ1) is 15.3. The SMILES string of the molecule is CC(C)N1CCN(CC(=O)N2CCC3(CC2)CNC3)CC1. The summed E-state index contributed by atoms with van der Waals surface area (Å²) in [4.78, 5) is 19.4. The number of carbonyl (C=O) groups is 1. The lowest BCUT2D eigenvalue weighted by Crippen LogP contribution is -2.59. The van der Waals surface area contributed by atoms with Gasteiger partial charge in [-0.25, -0.2) is 0 Å². The van der Waals surface area contributed by atoms with Crippen LogP contribution in [-0.2, 0) is 4.79 Å². The number of amides is 1. The molecule has 1 amide bonds. The van der Waals surface area contributed by atoms with Crippen LogP contribution < -0.4 is 5.32 Å². The van der Waals surface area contributed by atoms with Crippen molar-refractivity contribution in [1.82, 2.24) is 20.0 Å². The third-order valence-electron chi connectivity index (χ3n) is 5.67. The molecule has 0 aromatic carbocycles. The summed E-state index contributed by atoms with van der Waals surface area (Å²) in [6.45, 7) is 13.6. The zero-order valence-corrected chi connectivity index (χ0v) is 13.6. The highest BCUT2D eigenvalue weighted by Gasteiger charge is 2.40. The summed E-state index contributed by atoms with van der Waals surface area (Å²) in [7, 11) is 0. The van der Waals surface area contributed by atoms with Gasteiger partial charge < -0.3 is 10.2 Å². The predicted molar refractivity (Wildman–Crippen MR) is 84.3 cm³/mol. The summed E-state index contributed by atoms with van der Waals surface area (Å²) < 4.78 is 0. The molecule has 1 N–H and O–H groups in total. The van der Waals surface area contributed by atoms with Crippen LogP contribution in [0.15, 0.2) is 0 Å². The van der Waals surface area contributed by atoms with E-state index < -0.39 is 0 Å². The molecular weight excluding hydrogens is 264 g/mol. The molecule has 3 fully saturated rings. The molecule has 0 radical (unpaired) electrons. The van der Waals surface area contributed by atoms with Crippen molar-refractivity contribution >= 4 is 5.91 Å². The van der Waals surface area contributed by atoms with Crippen LogP contribution in [0.3, 0.4) is 0 Å². The Morgan fingerprint density at radius 2 is 1.67 bits per heavy atom. The lowest BCUT2D eigenvalue weighted by atomic mass is 9.73. The second kappa shape index (κ2) is 6.23. The van der Waals surface area contributed by atoms with Crippen LogP contribution in [0.25, 0.3) is 0 Å². The summed E-state index contributed by atoms with van der Waals surface area (Å²) in [6.07, 6.45) is 2.37. The number of hydrogen-bond donors (Lipinski definition) is 1. The number of nitrogens with one attached hydrogen (secondary N) is 1. The van der Waals surface area contributed by atoms with Crippen LogP contribution >= 0.6 is 0 Å². The molecule has 5 heteroatoms. The van der Waals surface area contributed by atoms with Crippen LogP contribution in [0, 0.1) is 5.41 Å². The van der Waals surface area contributed by atoms with E-state index in [-0.39, 0.29) is 0 Å². The Balaban J connectivity index is 1.41. The molecule has 3 rings (SSSR count). The third-order valence-corrected chi connectivity index (χ3v) is 5.67.